The minimum atomic E-state index is -3.14. The highest BCUT2D eigenvalue weighted by atomic mass is 32.2. The van der Waals surface area contributed by atoms with Crippen LogP contribution < -0.4 is 5.32 Å². The Bertz CT molecular complexity index is 475. The third kappa shape index (κ3) is 4.62. The Morgan fingerprint density at radius 1 is 1.16 bits per heavy atom. The highest BCUT2D eigenvalue weighted by molar-refractivity contribution is 7.92. The molecule has 1 atom stereocenters. The summed E-state index contributed by atoms with van der Waals surface area (Å²) in [7, 11) is -3.14. The van der Waals surface area contributed by atoms with E-state index in [4.69, 9.17) is 0 Å². The van der Waals surface area contributed by atoms with Crippen molar-refractivity contribution in [3.63, 3.8) is 0 Å². The molecule has 0 aliphatic carbocycles. The monoisotopic (exact) mass is 283 g/mol. The van der Waals surface area contributed by atoms with Gasteiger partial charge >= 0.3 is 0 Å². The number of rotatable bonds is 6. The maximum absolute atomic E-state index is 12.4. The molecular formula is C15H25NO2S. The number of hydrogen-bond donors (Lipinski definition) is 1. The number of nitrogens with one attached hydrogen (secondary N) is 1. The van der Waals surface area contributed by atoms with Gasteiger partial charge in [-0.05, 0) is 39.3 Å². The lowest BCUT2D eigenvalue weighted by Crippen LogP contribution is -2.37. The Morgan fingerprint density at radius 2 is 1.74 bits per heavy atom. The zero-order valence-corrected chi connectivity index (χ0v) is 13.1. The van der Waals surface area contributed by atoms with E-state index in [9.17, 15) is 8.42 Å². The molecule has 1 aromatic carbocycles. The van der Waals surface area contributed by atoms with E-state index in [0.717, 1.165) is 18.5 Å². The van der Waals surface area contributed by atoms with Gasteiger partial charge in [-0.25, -0.2) is 8.42 Å². The van der Waals surface area contributed by atoms with Crippen LogP contribution in [0.25, 0.3) is 0 Å². The van der Waals surface area contributed by atoms with Gasteiger partial charge in [0.15, 0.2) is 9.84 Å². The SMILES string of the molecule is CCCNC(CS(=O)(=O)C(C)(C)C)c1ccccc1. The zero-order valence-electron chi connectivity index (χ0n) is 12.3. The molecule has 19 heavy (non-hydrogen) atoms. The van der Waals surface area contributed by atoms with Gasteiger partial charge in [0.25, 0.3) is 0 Å². The molecule has 0 amide bonds. The molecule has 0 radical (unpaired) electrons. The zero-order chi connectivity index (χ0) is 14.5. The van der Waals surface area contributed by atoms with E-state index in [1.165, 1.54) is 0 Å². The Balaban J connectivity index is 2.94. The second-order valence-electron chi connectivity index (χ2n) is 5.81. The molecule has 3 nitrogen and oxygen atoms in total. The van der Waals surface area contributed by atoms with Crippen LogP contribution >= 0.6 is 0 Å². The number of sulfone groups is 1. The fourth-order valence-corrected chi connectivity index (χ4v) is 3.00. The van der Waals surface area contributed by atoms with E-state index in [0.29, 0.717) is 0 Å². The molecule has 0 saturated carbocycles. The largest absolute Gasteiger partial charge is 0.309 e. The van der Waals surface area contributed by atoms with Gasteiger partial charge in [0.1, 0.15) is 0 Å². The second kappa shape index (κ2) is 6.53. The van der Waals surface area contributed by atoms with Crippen molar-refractivity contribution in [2.45, 2.75) is 44.9 Å². The van der Waals surface area contributed by atoms with Crippen LogP contribution in [-0.2, 0) is 9.84 Å². The minimum Gasteiger partial charge on any atom is -0.309 e. The Kier molecular flexibility index (Phi) is 5.56. The first kappa shape index (κ1) is 16.2. The highest BCUT2D eigenvalue weighted by Gasteiger charge is 2.31. The van der Waals surface area contributed by atoms with E-state index < -0.39 is 14.6 Å². The molecule has 1 rings (SSSR count). The molecule has 0 aliphatic heterocycles. The van der Waals surface area contributed by atoms with Crippen molar-refractivity contribution in [3.8, 4) is 0 Å². The Hall–Kier alpha value is -0.870. The van der Waals surface area contributed by atoms with Gasteiger partial charge in [0.05, 0.1) is 10.5 Å². The van der Waals surface area contributed by atoms with Gasteiger partial charge in [0.2, 0.25) is 0 Å². The molecule has 1 aromatic rings. The molecule has 0 spiro atoms. The molecule has 1 unspecified atom stereocenters. The summed E-state index contributed by atoms with van der Waals surface area (Å²) in [6.07, 6.45) is 0.985. The summed E-state index contributed by atoms with van der Waals surface area (Å²) in [6.45, 7) is 8.16. The first-order chi connectivity index (χ1) is 8.78. The Labute approximate surface area is 117 Å². The Morgan fingerprint density at radius 3 is 2.21 bits per heavy atom. The first-order valence-electron chi connectivity index (χ1n) is 6.78. The molecule has 108 valence electrons. The van der Waals surface area contributed by atoms with E-state index in [1.54, 1.807) is 20.8 Å². The van der Waals surface area contributed by atoms with Gasteiger partial charge in [-0.15, -0.1) is 0 Å². The topological polar surface area (TPSA) is 46.2 Å². The third-order valence-electron chi connectivity index (χ3n) is 3.16. The van der Waals surface area contributed by atoms with Gasteiger partial charge in [-0.1, -0.05) is 37.3 Å². The standard InChI is InChI=1S/C15H25NO2S/c1-5-11-16-14(13-9-7-6-8-10-13)12-19(17,18)15(2,3)4/h6-10,14,16H,5,11-12H2,1-4H3. The lowest BCUT2D eigenvalue weighted by Gasteiger charge is -2.25. The van der Waals surface area contributed by atoms with Gasteiger partial charge in [-0.3, -0.25) is 0 Å². The van der Waals surface area contributed by atoms with Crippen LogP contribution in [0.1, 0.15) is 45.7 Å². The smallest absolute Gasteiger partial charge is 0.157 e. The highest BCUT2D eigenvalue weighted by Crippen LogP contribution is 2.22. The minimum absolute atomic E-state index is 0.134. The molecule has 1 N–H and O–H groups in total. The van der Waals surface area contributed by atoms with Gasteiger partial charge < -0.3 is 5.32 Å². The van der Waals surface area contributed by atoms with Crippen LogP contribution in [0.5, 0.6) is 0 Å². The van der Waals surface area contributed by atoms with Crippen molar-refractivity contribution in [2.75, 3.05) is 12.3 Å². The van der Waals surface area contributed by atoms with Crippen LogP contribution in [-0.4, -0.2) is 25.5 Å². The lowest BCUT2D eigenvalue weighted by atomic mass is 10.1. The summed E-state index contributed by atoms with van der Waals surface area (Å²) >= 11 is 0. The molecule has 0 saturated heterocycles. The van der Waals surface area contributed by atoms with Crippen molar-refractivity contribution in [3.05, 3.63) is 35.9 Å². The van der Waals surface area contributed by atoms with Crippen molar-refractivity contribution in [2.24, 2.45) is 0 Å². The summed E-state index contributed by atoms with van der Waals surface area (Å²) in [4.78, 5) is 0. The summed E-state index contributed by atoms with van der Waals surface area (Å²) in [5.74, 6) is 0.139. The normalized spacial score (nSPS) is 14.3. The number of hydrogen-bond acceptors (Lipinski definition) is 3. The van der Waals surface area contributed by atoms with E-state index in [1.807, 2.05) is 30.3 Å². The molecule has 0 heterocycles. The molecule has 0 bridgehead atoms. The molecule has 0 fully saturated rings. The molecule has 4 heteroatoms. The third-order valence-corrected chi connectivity index (χ3v) is 5.80. The van der Waals surface area contributed by atoms with Gasteiger partial charge in [-0.2, -0.15) is 0 Å². The van der Waals surface area contributed by atoms with E-state index in [2.05, 4.69) is 12.2 Å². The fraction of sp³-hybridized carbons (Fsp3) is 0.600. The average molecular weight is 283 g/mol. The quantitative estimate of drug-likeness (QED) is 0.873. The van der Waals surface area contributed by atoms with Crippen LogP contribution in [0, 0.1) is 0 Å². The molecule has 0 aromatic heterocycles. The predicted octanol–water partition coefficient (Wildman–Crippen LogP) is 2.94. The van der Waals surface area contributed by atoms with Crippen LogP contribution in [0.4, 0.5) is 0 Å². The second-order valence-corrected chi connectivity index (χ2v) is 8.60. The van der Waals surface area contributed by atoms with Crippen molar-refractivity contribution >= 4 is 9.84 Å². The predicted molar refractivity (Wildman–Crippen MR) is 81.0 cm³/mol. The average Bonchev–Trinajstić information content (AvgIpc) is 2.34. The van der Waals surface area contributed by atoms with Crippen molar-refractivity contribution in [1.29, 1.82) is 0 Å². The van der Waals surface area contributed by atoms with Gasteiger partial charge in [0, 0.05) is 6.04 Å². The first-order valence-corrected chi connectivity index (χ1v) is 8.44. The maximum atomic E-state index is 12.4. The molecular weight excluding hydrogens is 258 g/mol. The van der Waals surface area contributed by atoms with Crippen LogP contribution in [0.15, 0.2) is 30.3 Å². The summed E-state index contributed by atoms with van der Waals surface area (Å²) < 4.78 is 24.0. The van der Waals surface area contributed by atoms with E-state index >= 15 is 0 Å². The van der Waals surface area contributed by atoms with Crippen molar-refractivity contribution < 1.29 is 8.42 Å². The van der Waals surface area contributed by atoms with Crippen LogP contribution in [0.3, 0.4) is 0 Å². The summed E-state index contributed by atoms with van der Waals surface area (Å²) in [6, 6.07) is 9.65. The van der Waals surface area contributed by atoms with Crippen molar-refractivity contribution in [1.82, 2.24) is 5.32 Å². The van der Waals surface area contributed by atoms with E-state index in [-0.39, 0.29) is 11.8 Å². The fourth-order valence-electron chi connectivity index (χ4n) is 1.75. The number of benzene rings is 1. The lowest BCUT2D eigenvalue weighted by molar-refractivity contribution is 0.526. The molecule has 0 aliphatic rings. The maximum Gasteiger partial charge on any atom is 0.157 e. The van der Waals surface area contributed by atoms with Crippen LogP contribution in [0.2, 0.25) is 0 Å². The summed E-state index contributed by atoms with van der Waals surface area (Å²) in [5.41, 5.74) is 1.03. The summed E-state index contributed by atoms with van der Waals surface area (Å²) in [5, 5.41) is 3.33.